The molecule has 0 radical (unpaired) electrons. The third-order valence-corrected chi connectivity index (χ3v) is 2.74. The SMILES string of the molecule is C=C=C(CCCC)c1cccs1. The molecule has 1 rings (SSSR count). The van der Waals surface area contributed by atoms with Crippen molar-refractivity contribution in [3.05, 3.63) is 34.7 Å². The predicted molar refractivity (Wildman–Crippen MR) is 56.4 cm³/mol. The van der Waals surface area contributed by atoms with Gasteiger partial charge in [-0.25, -0.2) is 0 Å². The highest BCUT2D eigenvalue weighted by atomic mass is 32.1. The maximum atomic E-state index is 3.71. The molecule has 12 heavy (non-hydrogen) atoms. The predicted octanol–water partition coefficient (Wildman–Crippen LogP) is 4.11. The van der Waals surface area contributed by atoms with E-state index in [0.29, 0.717) is 0 Å². The van der Waals surface area contributed by atoms with E-state index >= 15 is 0 Å². The van der Waals surface area contributed by atoms with Crippen molar-refractivity contribution < 1.29 is 0 Å². The minimum atomic E-state index is 1.11. The van der Waals surface area contributed by atoms with Crippen LogP contribution in [0.3, 0.4) is 0 Å². The highest BCUT2D eigenvalue weighted by molar-refractivity contribution is 7.11. The van der Waals surface area contributed by atoms with Crippen LogP contribution in [0, 0.1) is 0 Å². The summed E-state index contributed by atoms with van der Waals surface area (Å²) in [6.45, 7) is 5.92. The Kier molecular flexibility index (Phi) is 3.86. The summed E-state index contributed by atoms with van der Waals surface area (Å²) >= 11 is 1.77. The second-order valence-electron chi connectivity index (χ2n) is 2.74. The van der Waals surface area contributed by atoms with Crippen LogP contribution in [-0.4, -0.2) is 0 Å². The first-order valence-electron chi connectivity index (χ1n) is 4.31. The summed E-state index contributed by atoms with van der Waals surface area (Å²) in [4.78, 5) is 1.32. The van der Waals surface area contributed by atoms with Gasteiger partial charge in [-0.1, -0.05) is 26.0 Å². The van der Waals surface area contributed by atoms with Crippen LogP contribution in [0.5, 0.6) is 0 Å². The van der Waals surface area contributed by atoms with Gasteiger partial charge in [0.25, 0.3) is 0 Å². The first kappa shape index (κ1) is 9.31. The maximum absolute atomic E-state index is 3.71. The lowest BCUT2D eigenvalue weighted by Gasteiger charge is -1.99. The van der Waals surface area contributed by atoms with Crippen LogP contribution < -0.4 is 0 Å². The Labute approximate surface area is 78.2 Å². The fourth-order valence-corrected chi connectivity index (χ4v) is 1.88. The fraction of sp³-hybridized carbons (Fsp3) is 0.364. The number of allylic oxidation sites excluding steroid dienone is 1. The van der Waals surface area contributed by atoms with Gasteiger partial charge in [-0.05, 0) is 24.3 Å². The molecule has 0 bridgehead atoms. The van der Waals surface area contributed by atoms with Crippen molar-refractivity contribution in [3.8, 4) is 0 Å². The topological polar surface area (TPSA) is 0 Å². The monoisotopic (exact) mass is 178 g/mol. The molecule has 0 aliphatic heterocycles. The maximum Gasteiger partial charge on any atom is 0.0379 e. The molecule has 1 aromatic heterocycles. The number of thiophene rings is 1. The number of hydrogen-bond acceptors (Lipinski definition) is 1. The minimum absolute atomic E-state index is 1.11. The van der Waals surface area contributed by atoms with Crippen LogP contribution >= 0.6 is 11.3 Å². The molecule has 1 aromatic rings. The van der Waals surface area contributed by atoms with E-state index in [0.717, 1.165) is 6.42 Å². The lowest BCUT2D eigenvalue weighted by atomic mass is 10.1. The highest BCUT2D eigenvalue weighted by Crippen LogP contribution is 2.23. The molecule has 0 fully saturated rings. The third kappa shape index (κ3) is 2.37. The van der Waals surface area contributed by atoms with Crippen molar-refractivity contribution in [2.45, 2.75) is 26.2 Å². The summed E-state index contributed by atoms with van der Waals surface area (Å²) in [6, 6.07) is 4.21. The molecule has 0 aliphatic carbocycles. The standard InChI is InChI=1S/C11H14S/c1-3-5-7-10(4-2)11-8-6-9-12-11/h6,8-9H,2-3,5,7H2,1H3. The highest BCUT2D eigenvalue weighted by Gasteiger charge is 1.99. The van der Waals surface area contributed by atoms with Gasteiger partial charge in [0.15, 0.2) is 0 Å². The van der Waals surface area contributed by atoms with Gasteiger partial charge >= 0.3 is 0 Å². The Hall–Kier alpha value is -0.780. The minimum Gasteiger partial charge on any atom is -0.144 e. The molecule has 0 atom stereocenters. The Balaban J connectivity index is 2.65. The summed E-state index contributed by atoms with van der Waals surface area (Å²) in [5.41, 5.74) is 4.29. The second kappa shape index (κ2) is 4.97. The molecule has 0 saturated carbocycles. The van der Waals surface area contributed by atoms with E-state index in [1.807, 2.05) is 0 Å². The lowest BCUT2D eigenvalue weighted by molar-refractivity contribution is 0.826. The molecule has 1 heteroatoms. The van der Waals surface area contributed by atoms with Crippen molar-refractivity contribution in [1.82, 2.24) is 0 Å². The smallest absolute Gasteiger partial charge is 0.0379 e. The summed E-state index contributed by atoms with van der Waals surface area (Å²) in [7, 11) is 0. The van der Waals surface area contributed by atoms with E-state index < -0.39 is 0 Å². The third-order valence-electron chi connectivity index (χ3n) is 1.81. The summed E-state index contributed by atoms with van der Waals surface area (Å²) in [5, 5.41) is 2.10. The van der Waals surface area contributed by atoms with Crippen LogP contribution in [-0.2, 0) is 0 Å². The largest absolute Gasteiger partial charge is 0.144 e. The van der Waals surface area contributed by atoms with Crippen molar-refractivity contribution in [2.24, 2.45) is 0 Å². The summed E-state index contributed by atoms with van der Waals surface area (Å²) in [5.74, 6) is 0. The molecule has 0 N–H and O–H groups in total. The molecule has 0 aromatic carbocycles. The quantitative estimate of drug-likeness (QED) is 0.609. The summed E-state index contributed by atoms with van der Waals surface area (Å²) < 4.78 is 0. The zero-order valence-electron chi connectivity index (χ0n) is 7.47. The molecular weight excluding hydrogens is 164 g/mol. The van der Waals surface area contributed by atoms with Crippen molar-refractivity contribution >= 4 is 16.9 Å². The molecule has 0 saturated heterocycles. The van der Waals surface area contributed by atoms with Crippen LogP contribution in [0.25, 0.3) is 5.57 Å². The van der Waals surface area contributed by atoms with E-state index in [2.05, 4.69) is 36.7 Å². The zero-order chi connectivity index (χ0) is 8.81. The van der Waals surface area contributed by atoms with E-state index in [-0.39, 0.29) is 0 Å². The molecular formula is C11H14S. The van der Waals surface area contributed by atoms with Gasteiger partial charge in [0.05, 0.1) is 0 Å². The molecule has 0 amide bonds. The normalized spacial score (nSPS) is 9.42. The number of hydrogen-bond donors (Lipinski definition) is 0. The molecule has 0 unspecified atom stereocenters. The average molecular weight is 178 g/mol. The van der Waals surface area contributed by atoms with E-state index in [1.165, 1.54) is 23.3 Å². The first-order chi connectivity index (χ1) is 5.88. The van der Waals surface area contributed by atoms with Gasteiger partial charge in [-0.15, -0.1) is 17.1 Å². The Morgan fingerprint density at radius 1 is 1.67 bits per heavy atom. The number of unbranched alkanes of at least 4 members (excludes halogenated alkanes) is 1. The van der Waals surface area contributed by atoms with Gasteiger partial charge in [0.1, 0.15) is 0 Å². The lowest BCUT2D eigenvalue weighted by Crippen LogP contribution is -1.78. The van der Waals surface area contributed by atoms with Crippen LogP contribution in [0.1, 0.15) is 31.1 Å². The Morgan fingerprint density at radius 2 is 2.50 bits per heavy atom. The number of rotatable bonds is 4. The zero-order valence-corrected chi connectivity index (χ0v) is 8.29. The molecule has 64 valence electrons. The molecule has 0 aliphatic rings. The van der Waals surface area contributed by atoms with Gasteiger partial charge in [0, 0.05) is 10.5 Å². The van der Waals surface area contributed by atoms with Crippen molar-refractivity contribution in [1.29, 1.82) is 0 Å². The van der Waals surface area contributed by atoms with E-state index in [9.17, 15) is 0 Å². The summed E-state index contributed by atoms with van der Waals surface area (Å²) in [6.07, 6.45) is 3.58. The molecule has 1 heterocycles. The van der Waals surface area contributed by atoms with E-state index in [4.69, 9.17) is 0 Å². The van der Waals surface area contributed by atoms with Crippen molar-refractivity contribution in [2.75, 3.05) is 0 Å². The van der Waals surface area contributed by atoms with Gasteiger partial charge in [-0.2, -0.15) is 0 Å². The van der Waals surface area contributed by atoms with Crippen LogP contribution in [0.4, 0.5) is 0 Å². The Bertz CT molecular complexity index is 263. The van der Waals surface area contributed by atoms with Gasteiger partial charge in [0.2, 0.25) is 0 Å². The van der Waals surface area contributed by atoms with Crippen LogP contribution in [0.15, 0.2) is 29.8 Å². The van der Waals surface area contributed by atoms with Gasteiger partial charge < -0.3 is 0 Å². The molecule has 0 nitrogen and oxygen atoms in total. The van der Waals surface area contributed by atoms with E-state index in [1.54, 1.807) is 11.3 Å². The Morgan fingerprint density at radius 3 is 3.00 bits per heavy atom. The fourth-order valence-electron chi connectivity index (χ4n) is 1.10. The first-order valence-corrected chi connectivity index (χ1v) is 5.19. The van der Waals surface area contributed by atoms with Crippen molar-refractivity contribution in [3.63, 3.8) is 0 Å². The van der Waals surface area contributed by atoms with Gasteiger partial charge in [-0.3, -0.25) is 0 Å². The molecule has 0 spiro atoms. The second-order valence-corrected chi connectivity index (χ2v) is 3.68. The van der Waals surface area contributed by atoms with Crippen LogP contribution in [0.2, 0.25) is 0 Å². The average Bonchev–Trinajstić information content (AvgIpc) is 2.59.